The minimum absolute atomic E-state index is 0.0169. The highest BCUT2D eigenvalue weighted by atomic mass is 16.5. The van der Waals surface area contributed by atoms with Crippen molar-refractivity contribution in [3.05, 3.63) is 0 Å². The molecule has 0 aromatic rings. The van der Waals surface area contributed by atoms with E-state index in [-0.39, 0.29) is 18.0 Å². The van der Waals surface area contributed by atoms with Crippen molar-refractivity contribution in [3.8, 4) is 0 Å². The Morgan fingerprint density at radius 1 is 0.600 bits per heavy atom. The van der Waals surface area contributed by atoms with Gasteiger partial charge in [-0.05, 0) is 97.7 Å². The van der Waals surface area contributed by atoms with Gasteiger partial charge < -0.3 is 14.4 Å². The Labute approximate surface area is 281 Å². The molecule has 0 radical (unpaired) electrons. The zero-order valence-corrected chi connectivity index (χ0v) is 31.7. The molecule has 0 saturated carbocycles. The van der Waals surface area contributed by atoms with E-state index < -0.39 is 5.41 Å². The summed E-state index contributed by atoms with van der Waals surface area (Å²) in [6.07, 6.45) is 28.8. The maximum Gasteiger partial charge on any atom is 0.311 e. The Morgan fingerprint density at radius 2 is 1.07 bits per heavy atom. The van der Waals surface area contributed by atoms with Crippen LogP contribution in [0.3, 0.4) is 0 Å². The van der Waals surface area contributed by atoms with Crippen LogP contribution in [-0.4, -0.2) is 50.2 Å². The summed E-state index contributed by atoms with van der Waals surface area (Å²) in [6, 6.07) is 0. The number of rotatable bonds is 32. The molecule has 0 aliphatic carbocycles. The van der Waals surface area contributed by atoms with Crippen LogP contribution in [0.2, 0.25) is 0 Å². The zero-order valence-electron chi connectivity index (χ0n) is 31.7. The van der Waals surface area contributed by atoms with Crippen LogP contribution in [-0.2, 0) is 19.1 Å². The second kappa shape index (κ2) is 28.0. The van der Waals surface area contributed by atoms with Crippen LogP contribution in [0.1, 0.15) is 202 Å². The van der Waals surface area contributed by atoms with Gasteiger partial charge in [0.2, 0.25) is 0 Å². The van der Waals surface area contributed by atoms with Gasteiger partial charge in [0.15, 0.2) is 0 Å². The van der Waals surface area contributed by atoms with Gasteiger partial charge in [-0.1, -0.05) is 124 Å². The molecular formula is C40H79NO4. The van der Waals surface area contributed by atoms with Crippen molar-refractivity contribution in [1.29, 1.82) is 0 Å². The predicted molar refractivity (Wildman–Crippen MR) is 194 cm³/mol. The summed E-state index contributed by atoms with van der Waals surface area (Å²) in [5.41, 5.74) is -0.0130. The van der Waals surface area contributed by atoms with Crippen molar-refractivity contribution in [1.82, 2.24) is 4.90 Å². The molecule has 5 nitrogen and oxygen atoms in total. The second-order valence-corrected chi connectivity index (χ2v) is 15.7. The molecule has 0 rings (SSSR count). The van der Waals surface area contributed by atoms with Gasteiger partial charge in [0.05, 0.1) is 12.0 Å². The fourth-order valence-corrected chi connectivity index (χ4v) is 6.17. The van der Waals surface area contributed by atoms with Crippen LogP contribution in [0, 0.1) is 10.8 Å². The van der Waals surface area contributed by atoms with E-state index in [9.17, 15) is 9.59 Å². The van der Waals surface area contributed by atoms with E-state index in [2.05, 4.69) is 32.6 Å². The summed E-state index contributed by atoms with van der Waals surface area (Å²) in [5.74, 6) is -0.105. The van der Waals surface area contributed by atoms with Gasteiger partial charge in [-0.3, -0.25) is 9.59 Å². The van der Waals surface area contributed by atoms with Crippen molar-refractivity contribution >= 4 is 11.9 Å². The molecular weight excluding hydrogens is 558 g/mol. The average Bonchev–Trinajstić information content (AvgIpc) is 2.97. The van der Waals surface area contributed by atoms with E-state index in [0.717, 1.165) is 70.8 Å². The van der Waals surface area contributed by atoms with E-state index in [1.54, 1.807) is 0 Å². The van der Waals surface area contributed by atoms with Gasteiger partial charge in [-0.15, -0.1) is 0 Å². The SMILES string of the molecule is CCCCCCCCOC(=O)C(C)(C)CCCCCC(CCCCCC(C)(C)CCCCCCCC)OC(=O)CCCN(C)C. The van der Waals surface area contributed by atoms with Crippen molar-refractivity contribution in [2.24, 2.45) is 10.8 Å². The summed E-state index contributed by atoms with van der Waals surface area (Å²) in [5, 5.41) is 0. The normalized spacial score (nSPS) is 12.9. The average molecular weight is 638 g/mol. The molecule has 0 N–H and O–H groups in total. The summed E-state index contributed by atoms with van der Waals surface area (Å²) in [6.45, 7) is 14.9. The standard InChI is InChI=1S/C40H79NO4/c1-9-11-13-15-17-23-31-39(3,4)32-24-19-21-28-36(45-37(42)30-27-34-41(7)8)29-22-20-25-33-40(5,6)38(43)44-35-26-18-16-14-12-10-2/h36H,9-35H2,1-8H3. The topological polar surface area (TPSA) is 55.8 Å². The van der Waals surface area contributed by atoms with Gasteiger partial charge in [0.1, 0.15) is 6.10 Å². The highest BCUT2D eigenvalue weighted by molar-refractivity contribution is 5.75. The molecule has 1 atom stereocenters. The Hall–Kier alpha value is -1.10. The molecule has 0 fully saturated rings. The summed E-state index contributed by atoms with van der Waals surface area (Å²) in [7, 11) is 4.08. The first kappa shape index (κ1) is 43.9. The highest BCUT2D eigenvalue weighted by Crippen LogP contribution is 2.31. The van der Waals surface area contributed by atoms with Crippen molar-refractivity contribution in [2.75, 3.05) is 27.2 Å². The number of esters is 2. The van der Waals surface area contributed by atoms with Crippen LogP contribution in [0.4, 0.5) is 0 Å². The van der Waals surface area contributed by atoms with E-state index in [0.29, 0.717) is 18.4 Å². The van der Waals surface area contributed by atoms with Gasteiger partial charge in [-0.25, -0.2) is 0 Å². The van der Waals surface area contributed by atoms with Crippen LogP contribution in [0.25, 0.3) is 0 Å². The van der Waals surface area contributed by atoms with E-state index in [1.807, 2.05) is 27.9 Å². The molecule has 0 bridgehead atoms. The van der Waals surface area contributed by atoms with E-state index >= 15 is 0 Å². The largest absolute Gasteiger partial charge is 0.465 e. The number of hydrogen-bond acceptors (Lipinski definition) is 5. The second-order valence-electron chi connectivity index (χ2n) is 15.7. The lowest BCUT2D eigenvalue weighted by molar-refractivity contribution is -0.154. The van der Waals surface area contributed by atoms with Gasteiger partial charge in [0.25, 0.3) is 0 Å². The summed E-state index contributed by atoms with van der Waals surface area (Å²) >= 11 is 0. The summed E-state index contributed by atoms with van der Waals surface area (Å²) < 4.78 is 11.6. The zero-order chi connectivity index (χ0) is 33.8. The molecule has 0 spiro atoms. The van der Waals surface area contributed by atoms with Crippen LogP contribution >= 0.6 is 0 Å². The number of hydrogen-bond donors (Lipinski definition) is 0. The monoisotopic (exact) mass is 638 g/mol. The molecule has 5 heteroatoms. The maximum atomic E-state index is 12.7. The lowest BCUT2D eigenvalue weighted by Gasteiger charge is -2.25. The fourth-order valence-electron chi connectivity index (χ4n) is 6.17. The van der Waals surface area contributed by atoms with Crippen molar-refractivity contribution in [2.45, 2.75) is 208 Å². The minimum Gasteiger partial charge on any atom is -0.465 e. The van der Waals surface area contributed by atoms with Crippen molar-refractivity contribution < 1.29 is 19.1 Å². The summed E-state index contributed by atoms with van der Waals surface area (Å²) in [4.78, 5) is 27.4. The maximum absolute atomic E-state index is 12.7. The Bertz CT molecular complexity index is 702. The Morgan fingerprint density at radius 3 is 1.60 bits per heavy atom. The molecule has 0 heterocycles. The molecule has 1 unspecified atom stereocenters. The number of carbonyl (C=O) groups excluding carboxylic acids is 2. The molecule has 0 aliphatic heterocycles. The third-order valence-corrected chi connectivity index (χ3v) is 9.48. The number of unbranched alkanes of at least 4 members (excludes halogenated alkanes) is 14. The van der Waals surface area contributed by atoms with Crippen molar-refractivity contribution in [3.63, 3.8) is 0 Å². The molecule has 45 heavy (non-hydrogen) atoms. The van der Waals surface area contributed by atoms with E-state index in [4.69, 9.17) is 9.47 Å². The molecule has 0 amide bonds. The quantitative estimate of drug-likeness (QED) is 0.0542. The fraction of sp³-hybridized carbons (Fsp3) is 0.950. The first-order valence-corrected chi connectivity index (χ1v) is 19.4. The molecule has 268 valence electrons. The molecule has 0 aliphatic rings. The number of carbonyl (C=O) groups is 2. The molecule has 0 aromatic heterocycles. The van der Waals surface area contributed by atoms with Crippen LogP contribution in [0.5, 0.6) is 0 Å². The molecule has 0 aromatic carbocycles. The molecule has 0 saturated heterocycles. The smallest absolute Gasteiger partial charge is 0.311 e. The Balaban J connectivity index is 4.46. The van der Waals surface area contributed by atoms with Gasteiger partial charge in [0, 0.05) is 6.42 Å². The third kappa shape index (κ3) is 27.7. The highest BCUT2D eigenvalue weighted by Gasteiger charge is 2.28. The lowest BCUT2D eigenvalue weighted by Crippen LogP contribution is -2.27. The van der Waals surface area contributed by atoms with E-state index in [1.165, 1.54) is 89.9 Å². The predicted octanol–water partition coefficient (Wildman–Crippen LogP) is 11.8. The number of nitrogens with zero attached hydrogens (tertiary/aromatic N) is 1. The Kier molecular flexibility index (Phi) is 27.3. The lowest BCUT2D eigenvalue weighted by atomic mass is 9.81. The first-order chi connectivity index (χ1) is 21.4. The number of ether oxygens (including phenoxy) is 2. The van der Waals surface area contributed by atoms with Crippen LogP contribution < -0.4 is 0 Å². The van der Waals surface area contributed by atoms with Crippen LogP contribution in [0.15, 0.2) is 0 Å². The van der Waals surface area contributed by atoms with Gasteiger partial charge in [-0.2, -0.15) is 0 Å². The third-order valence-electron chi connectivity index (χ3n) is 9.48. The minimum atomic E-state index is -0.441. The van der Waals surface area contributed by atoms with Gasteiger partial charge >= 0.3 is 11.9 Å². The first-order valence-electron chi connectivity index (χ1n) is 19.4.